The quantitative estimate of drug-likeness (QED) is 0.906. The molecule has 3 atom stereocenters. The summed E-state index contributed by atoms with van der Waals surface area (Å²) in [6, 6.07) is 7.83. The summed E-state index contributed by atoms with van der Waals surface area (Å²) in [4.78, 5) is 25.5. The van der Waals surface area contributed by atoms with E-state index in [9.17, 15) is 14.7 Å². The first-order valence-corrected chi connectivity index (χ1v) is 8.08. The third-order valence-corrected chi connectivity index (χ3v) is 4.72. The van der Waals surface area contributed by atoms with E-state index in [0.29, 0.717) is 19.4 Å². The second-order valence-corrected chi connectivity index (χ2v) is 6.39. The van der Waals surface area contributed by atoms with Crippen molar-refractivity contribution in [2.75, 3.05) is 13.7 Å². The zero-order chi connectivity index (χ0) is 17.0. The summed E-state index contributed by atoms with van der Waals surface area (Å²) in [5, 5.41) is 9.18. The molecule has 1 heterocycles. The minimum Gasteiger partial charge on any atom is -0.497 e. The molecule has 0 saturated carbocycles. The summed E-state index contributed by atoms with van der Waals surface area (Å²) in [5.74, 6) is -0.330. The summed E-state index contributed by atoms with van der Waals surface area (Å²) in [6.45, 7) is 4.34. The van der Waals surface area contributed by atoms with Gasteiger partial charge in [0.05, 0.1) is 13.0 Å². The molecule has 0 spiro atoms. The van der Waals surface area contributed by atoms with Crippen LogP contribution >= 0.6 is 0 Å². The Hall–Kier alpha value is -2.04. The van der Waals surface area contributed by atoms with Crippen LogP contribution in [-0.4, -0.2) is 41.6 Å². The van der Waals surface area contributed by atoms with Crippen molar-refractivity contribution in [3.63, 3.8) is 0 Å². The topological polar surface area (TPSA) is 66.8 Å². The van der Waals surface area contributed by atoms with Crippen molar-refractivity contribution in [1.29, 1.82) is 0 Å². The van der Waals surface area contributed by atoms with E-state index in [-0.39, 0.29) is 17.9 Å². The lowest BCUT2D eigenvalue weighted by molar-refractivity contribution is -0.147. The van der Waals surface area contributed by atoms with Crippen molar-refractivity contribution in [1.82, 2.24) is 4.90 Å². The standard InChI is InChI=1S/C18H25NO4/c1-12(14-6-8-16(23-3)9-7-14)10-17(20)19-11-15(18(21)22)5-4-13(19)2/h6-9,12-13,15H,4-5,10-11H2,1-3H3,(H,21,22). The first kappa shape index (κ1) is 17.3. The predicted molar refractivity (Wildman–Crippen MR) is 87.6 cm³/mol. The fraction of sp³-hybridized carbons (Fsp3) is 0.556. The number of hydrogen-bond donors (Lipinski definition) is 1. The van der Waals surface area contributed by atoms with Crippen molar-refractivity contribution >= 4 is 11.9 Å². The maximum Gasteiger partial charge on any atom is 0.308 e. The fourth-order valence-electron chi connectivity index (χ4n) is 3.09. The Morgan fingerprint density at radius 2 is 1.96 bits per heavy atom. The summed E-state index contributed by atoms with van der Waals surface area (Å²) in [7, 11) is 1.62. The number of rotatable bonds is 5. The summed E-state index contributed by atoms with van der Waals surface area (Å²) in [5.41, 5.74) is 1.08. The van der Waals surface area contributed by atoms with Crippen LogP contribution < -0.4 is 4.74 Å². The van der Waals surface area contributed by atoms with Gasteiger partial charge in [-0.15, -0.1) is 0 Å². The van der Waals surface area contributed by atoms with Gasteiger partial charge in [0.15, 0.2) is 0 Å². The number of ether oxygens (including phenoxy) is 1. The molecule has 1 amide bonds. The number of carbonyl (C=O) groups excluding carboxylic acids is 1. The van der Waals surface area contributed by atoms with Gasteiger partial charge in [0.1, 0.15) is 5.75 Å². The van der Waals surface area contributed by atoms with Crippen LogP contribution in [-0.2, 0) is 9.59 Å². The molecule has 2 rings (SSSR count). The molecule has 0 radical (unpaired) electrons. The molecule has 5 heteroatoms. The van der Waals surface area contributed by atoms with Crippen molar-refractivity contribution < 1.29 is 19.4 Å². The molecule has 126 valence electrons. The van der Waals surface area contributed by atoms with Crippen molar-refractivity contribution in [2.45, 2.75) is 45.1 Å². The SMILES string of the molecule is COc1ccc(C(C)CC(=O)N2CC(C(=O)O)CCC2C)cc1. The Morgan fingerprint density at radius 3 is 2.52 bits per heavy atom. The molecule has 1 fully saturated rings. The number of aliphatic carboxylic acids is 1. The maximum absolute atomic E-state index is 12.6. The van der Waals surface area contributed by atoms with Crippen LogP contribution in [0.15, 0.2) is 24.3 Å². The number of hydrogen-bond acceptors (Lipinski definition) is 3. The van der Waals surface area contributed by atoms with Crippen LogP contribution in [0.25, 0.3) is 0 Å². The van der Waals surface area contributed by atoms with Gasteiger partial charge in [0.2, 0.25) is 5.91 Å². The number of carboxylic acids is 1. The van der Waals surface area contributed by atoms with Crippen LogP contribution in [0.3, 0.4) is 0 Å². The second-order valence-electron chi connectivity index (χ2n) is 6.39. The fourth-order valence-corrected chi connectivity index (χ4v) is 3.09. The first-order valence-electron chi connectivity index (χ1n) is 8.08. The van der Waals surface area contributed by atoms with E-state index in [0.717, 1.165) is 17.7 Å². The minimum atomic E-state index is -0.807. The number of amides is 1. The Morgan fingerprint density at radius 1 is 1.30 bits per heavy atom. The normalized spacial score (nSPS) is 22.5. The molecule has 1 aromatic carbocycles. The van der Waals surface area contributed by atoms with E-state index >= 15 is 0 Å². The van der Waals surface area contributed by atoms with Gasteiger partial charge in [0, 0.05) is 19.0 Å². The van der Waals surface area contributed by atoms with Crippen molar-refractivity contribution in [3.05, 3.63) is 29.8 Å². The van der Waals surface area contributed by atoms with Crippen LogP contribution in [0.4, 0.5) is 0 Å². The second kappa shape index (κ2) is 7.49. The van der Waals surface area contributed by atoms with E-state index in [1.54, 1.807) is 12.0 Å². The number of piperidine rings is 1. The molecule has 0 aliphatic carbocycles. The Labute approximate surface area is 137 Å². The Balaban J connectivity index is 2.00. The van der Waals surface area contributed by atoms with Gasteiger partial charge in [0.25, 0.3) is 0 Å². The van der Waals surface area contributed by atoms with E-state index in [2.05, 4.69) is 0 Å². The van der Waals surface area contributed by atoms with E-state index in [1.165, 1.54) is 0 Å². The average molecular weight is 319 g/mol. The number of carbonyl (C=O) groups is 2. The van der Waals surface area contributed by atoms with Crippen molar-refractivity contribution in [3.8, 4) is 5.75 Å². The minimum absolute atomic E-state index is 0.0340. The highest BCUT2D eigenvalue weighted by Crippen LogP contribution is 2.27. The molecule has 3 unspecified atom stereocenters. The van der Waals surface area contributed by atoms with Gasteiger partial charge < -0.3 is 14.7 Å². The third kappa shape index (κ3) is 4.24. The van der Waals surface area contributed by atoms with E-state index in [4.69, 9.17) is 4.74 Å². The zero-order valence-corrected chi connectivity index (χ0v) is 14.0. The van der Waals surface area contributed by atoms with Gasteiger partial charge in [-0.2, -0.15) is 0 Å². The number of likely N-dealkylation sites (tertiary alicyclic amines) is 1. The number of methoxy groups -OCH3 is 1. The van der Waals surface area contributed by atoms with Gasteiger partial charge >= 0.3 is 5.97 Å². The molecule has 0 aromatic heterocycles. The molecule has 1 aliphatic rings. The van der Waals surface area contributed by atoms with Gasteiger partial charge in [-0.1, -0.05) is 19.1 Å². The molecule has 1 aliphatic heterocycles. The Bertz CT molecular complexity index is 555. The van der Waals surface area contributed by atoms with E-state index < -0.39 is 11.9 Å². The third-order valence-electron chi connectivity index (χ3n) is 4.72. The lowest BCUT2D eigenvalue weighted by atomic mass is 9.91. The molecule has 0 bridgehead atoms. The average Bonchev–Trinajstić information content (AvgIpc) is 2.54. The zero-order valence-electron chi connectivity index (χ0n) is 14.0. The molecule has 23 heavy (non-hydrogen) atoms. The van der Waals surface area contributed by atoms with E-state index in [1.807, 2.05) is 38.1 Å². The van der Waals surface area contributed by atoms with Crippen LogP contribution in [0.1, 0.15) is 44.6 Å². The van der Waals surface area contributed by atoms with Crippen LogP contribution in [0, 0.1) is 5.92 Å². The Kier molecular flexibility index (Phi) is 5.64. The largest absolute Gasteiger partial charge is 0.497 e. The lowest BCUT2D eigenvalue weighted by Gasteiger charge is -2.37. The molecule has 1 saturated heterocycles. The summed E-state index contributed by atoms with van der Waals surface area (Å²) >= 11 is 0. The summed E-state index contributed by atoms with van der Waals surface area (Å²) < 4.78 is 5.14. The highest BCUT2D eigenvalue weighted by atomic mass is 16.5. The smallest absolute Gasteiger partial charge is 0.308 e. The van der Waals surface area contributed by atoms with Crippen LogP contribution in [0.2, 0.25) is 0 Å². The van der Waals surface area contributed by atoms with Gasteiger partial charge in [-0.25, -0.2) is 0 Å². The molecular weight excluding hydrogens is 294 g/mol. The van der Waals surface area contributed by atoms with Crippen molar-refractivity contribution in [2.24, 2.45) is 5.92 Å². The van der Waals surface area contributed by atoms with Crippen LogP contribution in [0.5, 0.6) is 5.75 Å². The lowest BCUT2D eigenvalue weighted by Crippen LogP contribution is -2.47. The first-order chi connectivity index (χ1) is 10.9. The molecular formula is C18H25NO4. The number of carboxylic acid groups (broad SMARTS) is 1. The number of benzene rings is 1. The maximum atomic E-state index is 12.6. The van der Waals surface area contributed by atoms with Gasteiger partial charge in [-0.05, 0) is 43.4 Å². The highest BCUT2D eigenvalue weighted by molar-refractivity contribution is 5.79. The monoisotopic (exact) mass is 319 g/mol. The molecule has 5 nitrogen and oxygen atoms in total. The number of nitrogens with zero attached hydrogens (tertiary/aromatic N) is 1. The molecule has 1 aromatic rings. The highest BCUT2D eigenvalue weighted by Gasteiger charge is 2.32. The molecule has 1 N–H and O–H groups in total. The summed E-state index contributed by atoms with van der Waals surface area (Å²) in [6.07, 6.45) is 1.79. The predicted octanol–water partition coefficient (Wildman–Crippen LogP) is 2.90. The van der Waals surface area contributed by atoms with Gasteiger partial charge in [-0.3, -0.25) is 9.59 Å².